The lowest BCUT2D eigenvalue weighted by Gasteiger charge is -2.18. The first-order valence-electron chi connectivity index (χ1n) is 4.82. The van der Waals surface area contributed by atoms with E-state index in [9.17, 15) is 23.4 Å². The third kappa shape index (κ3) is 4.04. The third-order valence-corrected chi connectivity index (χ3v) is 2.79. The lowest BCUT2D eigenvalue weighted by molar-refractivity contribution is -0.274. The molecule has 0 saturated heterocycles. The molecule has 102 valence electrons. The van der Waals surface area contributed by atoms with Gasteiger partial charge in [0.15, 0.2) is 5.75 Å². The second-order valence-electron chi connectivity index (χ2n) is 3.51. The van der Waals surface area contributed by atoms with Gasteiger partial charge in [-0.05, 0) is 17.7 Å². The maximum Gasteiger partial charge on any atom is 0.573 e. The second kappa shape index (κ2) is 5.77. The summed E-state index contributed by atoms with van der Waals surface area (Å²) in [6.07, 6.45) is -7.35. The van der Waals surface area contributed by atoms with Gasteiger partial charge in [0.2, 0.25) is 0 Å². The van der Waals surface area contributed by atoms with Crippen LogP contribution in [0.3, 0.4) is 0 Å². The average molecular weight is 330 g/mol. The largest absolute Gasteiger partial charge is 0.573 e. The topological polar surface area (TPSA) is 75.7 Å². The zero-order valence-electron chi connectivity index (χ0n) is 8.99. The van der Waals surface area contributed by atoms with Crippen molar-refractivity contribution >= 4 is 21.6 Å². The fourth-order valence-corrected chi connectivity index (χ4v) is 1.61. The van der Waals surface area contributed by atoms with Crippen LogP contribution in [0.5, 0.6) is 5.75 Å². The molecule has 0 saturated carbocycles. The van der Waals surface area contributed by atoms with Crippen molar-refractivity contribution in [3.05, 3.63) is 23.8 Å². The van der Waals surface area contributed by atoms with E-state index in [0.717, 1.165) is 6.07 Å². The number of ether oxygens (including phenoxy) is 1. The van der Waals surface area contributed by atoms with Crippen LogP contribution in [0.4, 0.5) is 18.9 Å². The van der Waals surface area contributed by atoms with E-state index in [4.69, 9.17) is 5.73 Å². The van der Waals surface area contributed by atoms with Gasteiger partial charge in [-0.2, -0.15) is 0 Å². The van der Waals surface area contributed by atoms with Crippen LogP contribution in [0.2, 0.25) is 0 Å². The molecule has 0 radical (unpaired) electrons. The van der Waals surface area contributed by atoms with Crippen molar-refractivity contribution in [3.8, 4) is 5.75 Å². The lowest BCUT2D eigenvalue weighted by Crippen LogP contribution is -2.21. The van der Waals surface area contributed by atoms with E-state index in [1.165, 1.54) is 12.1 Å². The molecule has 2 atom stereocenters. The molecule has 0 spiro atoms. The fourth-order valence-electron chi connectivity index (χ4n) is 1.25. The van der Waals surface area contributed by atoms with Gasteiger partial charge < -0.3 is 20.7 Å². The first kappa shape index (κ1) is 15.1. The van der Waals surface area contributed by atoms with E-state index in [1.54, 1.807) is 0 Å². The zero-order chi connectivity index (χ0) is 13.9. The van der Waals surface area contributed by atoms with Crippen LogP contribution >= 0.6 is 15.9 Å². The molecular formula is C10H11BrF3NO3. The predicted octanol–water partition coefficient (Wildman–Crippen LogP) is 1.96. The Balaban J connectivity index is 3.00. The molecule has 8 heteroatoms. The van der Waals surface area contributed by atoms with E-state index in [-0.39, 0.29) is 16.6 Å². The van der Waals surface area contributed by atoms with Crippen molar-refractivity contribution in [2.45, 2.75) is 18.6 Å². The van der Waals surface area contributed by atoms with Gasteiger partial charge in [0.05, 0.1) is 11.8 Å². The molecule has 2 unspecified atom stereocenters. The van der Waals surface area contributed by atoms with Crippen molar-refractivity contribution in [2.75, 3.05) is 11.1 Å². The number of halogens is 4. The zero-order valence-corrected chi connectivity index (χ0v) is 10.6. The molecule has 0 bridgehead atoms. The van der Waals surface area contributed by atoms with Crippen LogP contribution < -0.4 is 10.5 Å². The maximum atomic E-state index is 12.1. The number of rotatable bonds is 4. The first-order valence-corrected chi connectivity index (χ1v) is 5.94. The first-order chi connectivity index (χ1) is 8.24. The average Bonchev–Trinajstić information content (AvgIpc) is 2.28. The number of alkyl halides is 4. The Morgan fingerprint density at radius 1 is 1.33 bits per heavy atom. The molecule has 4 nitrogen and oxygen atoms in total. The molecule has 1 rings (SSSR count). The summed E-state index contributed by atoms with van der Waals surface area (Å²) in [6.45, 7) is 0. The molecule has 0 aliphatic heterocycles. The number of aliphatic hydroxyl groups is 2. The summed E-state index contributed by atoms with van der Waals surface area (Å²) in [5.74, 6) is -0.610. The van der Waals surface area contributed by atoms with Crippen LogP contribution in [0.1, 0.15) is 11.7 Å². The van der Waals surface area contributed by atoms with E-state index in [1.807, 2.05) is 0 Å². The summed E-state index contributed by atoms with van der Waals surface area (Å²) < 4.78 is 40.0. The quantitative estimate of drug-likeness (QED) is 0.583. The Morgan fingerprint density at radius 3 is 2.44 bits per heavy atom. The smallest absolute Gasteiger partial charge is 0.404 e. The van der Waals surface area contributed by atoms with Crippen molar-refractivity contribution in [1.82, 2.24) is 0 Å². The maximum absolute atomic E-state index is 12.1. The van der Waals surface area contributed by atoms with E-state index < -0.39 is 24.3 Å². The Labute approximate surface area is 109 Å². The van der Waals surface area contributed by atoms with Gasteiger partial charge in [-0.25, -0.2) is 0 Å². The van der Waals surface area contributed by atoms with E-state index in [2.05, 4.69) is 20.7 Å². The van der Waals surface area contributed by atoms with Crippen molar-refractivity contribution < 1.29 is 28.1 Å². The van der Waals surface area contributed by atoms with Crippen LogP contribution in [-0.4, -0.2) is 28.0 Å². The van der Waals surface area contributed by atoms with Crippen LogP contribution in [0.15, 0.2) is 18.2 Å². The van der Waals surface area contributed by atoms with Crippen molar-refractivity contribution in [1.29, 1.82) is 0 Å². The monoisotopic (exact) mass is 329 g/mol. The Kier molecular flexibility index (Phi) is 4.83. The Morgan fingerprint density at radius 2 is 1.94 bits per heavy atom. The SMILES string of the molecule is Nc1ccc(C(O)C(O)CBr)cc1OC(F)(F)F. The molecular weight excluding hydrogens is 319 g/mol. The number of nitrogens with two attached hydrogens (primary N) is 1. The molecule has 0 amide bonds. The second-order valence-corrected chi connectivity index (χ2v) is 4.16. The van der Waals surface area contributed by atoms with Gasteiger partial charge in [-0.3, -0.25) is 0 Å². The van der Waals surface area contributed by atoms with E-state index >= 15 is 0 Å². The van der Waals surface area contributed by atoms with Crippen molar-refractivity contribution in [3.63, 3.8) is 0 Å². The minimum absolute atomic E-state index is 0.0774. The highest BCUT2D eigenvalue weighted by Gasteiger charge is 2.32. The molecule has 1 aromatic rings. The van der Waals surface area contributed by atoms with Gasteiger partial charge in [-0.15, -0.1) is 13.2 Å². The Bertz CT molecular complexity index is 414. The van der Waals surface area contributed by atoms with E-state index in [0.29, 0.717) is 0 Å². The standard InChI is InChI=1S/C10H11BrF3NO3/c11-4-7(16)9(17)5-1-2-6(15)8(3-5)18-10(12,13)14/h1-3,7,9,16-17H,4,15H2. The molecule has 18 heavy (non-hydrogen) atoms. The van der Waals surface area contributed by atoms with Crippen molar-refractivity contribution in [2.24, 2.45) is 0 Å². The summed E-state index contributed by atoms with van der Waals surface area (Å²) in [5, 5.41) is 19.1. The van der Waals surface area contributed by atoms with Gasteiger partial charge in [0.25, 0.3) is 0 Å². The molecule has 4 N–H and O–H groups in total. The van der Waals surface area contributed by atoms with Crippen LogP contribution in [0, 0.1) is 0 Å². The normalized spacial score (nSPS) is 15.2. The molecule has 0 aliphatic rings. The summed E-state index contributed by atoms with van der Waals surface area (Å²) in [5.41, 5.74) is 5.19. The molecule has 1 aromatic carbocycles. The minimum Gasteiger partial charge on any atom is -0.404 e. The summed E-state index contributed by atoms with van der Waals surface area (Å²) >= 11 is 2.95. The Hall–Kier alpha value is -0.990. The van der Waals surface area contributed by atoms with Gasteiger partial charge >= 0.3 is 6.36 Å². The molecule has 0 heterocycles. The third-order valence-electron chi connectivity index (χ3n) is 2.13. The highest BCUT2D eigenvalue weighted by molar-refractivity contribution is 9.09. The lowest BCUT2D eigenvalue weighted by atomic mass is 10.0. The molecule has 0 aromatic heterocycles. The summed E-state index contributed by atoms with van der Waals surface area (Å²) in [6, 6.07) is 3.43. The fraction of sp³-hybridized carbons (Fsp3) is 0.400. The number of nitrogen functional groups attached to an aromatic ring is 1. The summed E-state index contributed by atoms with van der Waals surface area (Å²) in [7, 11) is 0. The number of anilines is 1. The van der Waals surface area contributed by atoms with Gasteiger partial charge in [0.1, 0.15) is 6.10 Å². The number of hydrogen-bond donors (Lipinski definition) is 3. The number of aliphatic hydroxyl groups excluding tert-OH is 2. The number of hydrogen-bond acceptors (Lipinski definition) is 4. The molecule has 0 fully saturated rings. The highest BCUT2D eigenvalue weighted by Crippen LogP contribution is 2.31. The number of benzene rings is 1. The van der Waals surface area contributed by atoms with Crippen LogP contribution in [0.25, 0.3) is 0 Å². The van der Waals surface area contributed by atoms with Gasteiger partial charge in [-0.1, -0.05) is 22.0 Å². The minimum atomic E-state index is -4.87. The highest BCUT2D eigenvalue weighted by atomic mass is 79.9. The molecule has 0 aliphatic carbocycles. The van der Waals surface area contributed by atoms with Gasteiger partial charge in [0, 0.05) is 5.33 Å². The predicted molar refractivity (Wildman–Crippen MR) is 62.3 cm³/mol. The summed E-state index contributed by atoms with van der Waals surface area (Å²) in [4.78, 5) is 0. The van der Waals surface area contributed by atoms with Crippen LogP contribution in [-0.2, 0) is 0 Å².